The maximum absolute atomic E-state index is 13.7. The van der Waals surface area contributed by atoms with E-state index in [0.717, 1.165) is 23.6 Å². The van der Waals surface area contributed by atoms with Crippen LogP contribution >= 0.6 is 11.3 Å². The molecule has 0 saturated heterocycles. The standard InChI is InChI=1S/C20H24F3N5O4S2/c1-10-15(28-18(25-10)33-17(26-28)19(2,3)30)11-8-14(16(24-9-11)20(21,22)23)34(31,32)27-12-4-6-13(29)7-5-12/h8-9,12-13,27,29-30H,4-7H2,1-3H3. The molecule has 0 unspecified atom stereocenters. The van der Waals surface area contributed by atoms with Crippen LogP contribution < -0.4 is 4.72 Å². The molecule has 4 rings (SSSR count). The molecule has 34 heavy (non-hydrogen) atoms. The minimum atomic E-state index is -5.00. The molecule has 3 heterocycles. The van der Waals surface area contributed by atoms with Crippen molar-refractivity contribution in [3.63, 3.8) is 0 Å². The minimum absolute atomic E-state index is 0.0880. The van der Waals surface area contributed by atoms with E-state index < -0.39 is 44.5 Å². The maximum atomic E-state index is 13.7. The molecule has 0 atom stereocenters. The van der Waals surface area contributed by atoms with Gasteiger partial charge in [-0.25, -0.2) is 27.6 Å². The van der Waals surface area contributed by atoms with Crippen LogP contribution in [0.4, 0.5) is 13.2 Å². The highest BCUT2D eigenvalue weighted by molar-refractivity contribution is 7.89. The maximum Gasteiger partial charge on any atom is 0.434 e. The van der Waals surface area contributed by atoms with Gasteiger partial charge in [0, 0.05) is 17.8 Å². The van der Waals surface area contributed by atoms with Crippen LogP contribution in [0.1, 0.15) is 55.9 Å². The summed E-state index contributed by atoms with van der Waals surface area (Å²) in [5.74, 6) is 0. The normalized spacial score (nSPS) is 20.2. The molecule has 0 aromatic carbocycles. The predicted octanol–water partition coefficient (Wildman–Crippen LogP) is 2.99. The molecule has 0 radical (unpaired) electrons. The summed E-state index contributed by atoms with van der Waals surface area (Å²) >= 11 is 1.11. The zero-order chi connectivity index (χ0) is 25.1. The Morgan fingerprint density at radius 3 is 2.44 bits per heavy atom. The van der Waals surface area contributed by atoms with Crippen LogP contribution in [0, 0.1) is 6.92 Å². The first kappa shape index (κ1) is 25.0. The Kier molecular flexibility index (Phi) is 6.26. The monoisotopic (exact) mass is 519 g/mol. The number of hydrogen-bond donors (Lipinski definition) is 3. The second-order valence-corrected chi connectivity index (χ2v) is 11.5. The number of rotatable bonds is 5. The summed E-state index contributed by atoms with van der Waals surface area (Å²) in [6.45, 7) is 4.70. The summed E-state index contributed by atoms with van der Waals surface area (Å²) < 4.78 is 71.0. The van der Waals surface area contributed by atoms with Crippen molar-refractivity contribution in [2.24, 2.45) is 0 Å². The second-order valence-electron chi connectivity index (χ2n) is 8.90. The zero-order valence-corrected chi connectivity index (χ0v) is 20.2. The van der Waals surface area contributed by atoms with Gasteiger partial charge in [0.05, 0.1) is 17.5 Å². The molecule has 3 N–H and O–H groups in total. The van der Waals surface area contributed by atoms with Crippen molar-refractivity contribution in [2.75, 3.05) is 0 Å². The van der Waals surface area contributed by atoms with Crippen LogP contribution in [0.2, 0.25) is 0 Å². The van der Waals surface area contributed by atoms with Gasteiger partial charge < -0.3 is 10.2 Å². The lowest BCUT2D eigenvalue weighted by molar-refractivity contribution is -0.143. The largest absolute Gasteiger partial charge is 0.434 e. The molecule has 3 aromatic rings. The van der Waals surface area contributed by atoms with Gasteiger partial charge in [-0.05, 0) is 52.5 Å². The summed E-state index contributed by atoms with van der Waals surface area (Å²) in [4.78, 5) is 7.24. The van der Waals surface area contributed by atoms with Gasteiger partial charge in [-0.1, -0.05) is 11.3 Å². The molecule has 1 fully saturated rings. The number of aromatic nitrogens is 4. The van der Waals surface area contributed by atoms with Crippen molar-refractivity contribution in [3.05, 3.63) is 28.7 Å². The fourth-order valence-corrected chi connectivity index (χ4v) is 6.35. The Labute approximate surface area is 197 Å². The second kappa shape index (κ2) is 8.52. The number of hydrogen-bond acceptors (Lipinski definition) is 8. The summed E-state index contributed by atoms with van der Waals surface area (Å²) in [7, 11) is -4.59. The molecule has 14 heteroatoms. The fourth-order valence-electron chi connectivity index (χ4n) is 3.90. The van der Waals surface area contributed by atoms with E-state index in [-0.39, 0.29) is 11.3 Å². The van der Waals surface area contributed by atoms with Gasteiger partial charge in [-0.3, -0.25) is 0 Å². The molecule has 1 saturated carbocycles. The van der Waals surface area contributed by atoms with Crippen molar-refractivity contribution >= 4 is 26.3 Å². The Bertz CT molecular complexity index is 1320. The van der Waals surface area contributed by atoms with Crippen LogP contribution in [-0.2, 0) is 21.8 Å². The average Bonchev–Trinajstić information content (AvgIpc) is 3.25. The van der Waals surface area contributed by atoms with Crippen molar-refractivity contribution < 1.29 is 31.8 Å². The number of aliphatic hydroxyl groups excluding tert-OH is 1. The molecule has 0 spiro atoms. The van der Waals surface area contributed by atoms with Gasteiger partial charge in [0.25, 0.3) is 0 Å². The highest BCUT2D eigenvalue weighted by Gasteiger charge is 2.40. The van der Waals surface area contributed by atoms with Crippen LogP contribution in [0.25, 0.3) is 16.2 Å². The Hall–Kier alpha value is -2.13. The lowest BCUT2D eigenvalue weighted by Gasteiger charge is -2.26. The zero-order valence-electron chi connectivity index (χ0n) is 18.6. The minimum Gasteiger partial charge on any atom is -0.393 e. The van der Waals surface area contributed by atoms with E-state index in [2.05, 4.69) is 19.8 Å². The number of fused-ring (bicyclic) bond motifs is 1. The number of nitrogens with zero attached hydrogens (tertiary/aromatic N) is 4. The summed E-state index contributed by atoms with van der Waals surface area (Å²) in [6.07, 6.45) is -3.25. The van der Waals surface area contributed by atoms with Crippen molar-refractivity contribution in [1.29, 1.82) is 0 Å². The smallest absolute Gasteiger partial charge is 0.393 e. The molecule has 186 valence electrons. The van der Waals surface area contributed by atoms with E-state index in [1.165, 1.54) is 18.4 Å². The highest BCUT2D eigenvalue weighted by Crippen LogP contribution is 2.37. The van der Waals surface area contributed by atoms with Crippen LogP contribution in [-0.4, -0.2) is 50.4 Å². The van der Waals surface area contributed by atoms with E-state index in [4.69, 9.17) is 0 Å². The number of halogens is 3. The number of imidazole rings is 1. The number of sulfonamides is 1. The van der Waals surface area contributed by atoms with Gasteiger partial charge in [0.15, 0.2) is 5.69 Å². The van der Waals surface area contributed by atoms with E-state index >= 15 is 0 Å². The molecule has 1 aliphatic rings. The Balaban J connectivity index is 1.82. The van der Waals surface area contributed by atoms with Gasteiger partial charge in [0.2, 0.25) is 15.0 Å². The highest BCUT2D eigenvalue weighted by atomic mass is 32.2. The van der Waals surface area contributed by atoms with Crippen LogP contribution in [0.3, 0.4) is 0 Å². The molecule has 3 aromatic heterocycles. The number of alkyl halides is 3. The first-order chi connectivity index (χ1) is 15.7. The van der Waals surface area contributed by atoms with Gasteiger partial charge >= 0.3 is 6.18 Å². The lowest BCUT2D eigenvalue weighted by atomic mass is 9.94. The third-order valence-corrected chi connectivity index (χ3v) is 8.36. The third kappa shape index (κ3) is 4.82. The third-order valence-electron chi connectivity index (χ3n) is 5.60. The number of pyridine rings is 1. The van der Waals surface area contributed by atoms with Gasteiger partial charge in [0.1, 0.15) is 15.5 Å². The SMILES string of the molecule is Cc1nc2sc(C(C)(C)O)nn2c1-c1cnc(C(F)(F)F)c(S(=O)(=O)NC2CCC(O)CC2)c1. The first-order valence-electron chi connectivity index (χ1n) is 10.5. The number of nitrogens with one attached hydrogen (secondary N) is 1. The first-order valence-corrected chi connectivity index (χ1v) is 12.8. The molecule has 0 aliphatic heterocycles. The van der Waals surface area contributed by atoms with Crippen LogP contribution in [0.15, 0.2) is 17.2 Å². The molecule has 1 aliphatic carbocycles. The van der Waals surface area contributed by atoms with E-state index in [1.807, 2.05) is 0 Å². The van der Waals surface area contributed by atoms with E-state index in [9.17, 15) is 31.8 Å². The molecule has 9 nitrogen and oxygen atoms in total. The van der Waals surface area contributed by atoms with E-state index in [1.54, 1.807) is 6.92 Å². The topological polar surface area (TPSA) is 130 Å². The van der Waals surface area contributed by atoms with Crippen LogP contribution in [0.5, 0.6) is 0 Å². The number of aryl methyl sites for hydroxylation is 1. The predicted molar refractivity (Wildman–Crippen MR) is 118 cm³/mol. The molecular weight excluding hydrogens is 495 g/mol. The average molecular weight is 520 g/mol. The quantitative estimate of drug-likeness (QED) is 0.473. The van der Waals surface area contributed by atoms with Crippen molar-refractivity contribution in [2.45, 2.75) is 75.3 Å². The summed E-state index contributed by atoms with van der Waals surface area (Å²) in [6, 6.07) is 0.337. The van der Waals surface area contributed by atoms with Crippen molar-refractivity contribution in [3.8, 4) is 11.3 Å². The lowest BCUT2D eigenvalue weighted by Crippen LogP contribution is -2.39. The summed E-state index contributed by atoms with van der Waals surface area (Å²) in [5, 5.41) is 24.6. The Morgan fingerprint density at radius 1 is 1.21 bits per heavy atom. The fraction of sp³-hybridized carbons (Fsp3) is 0.550. The molecule has 0 amide bonds. The van der Waals surface area contributed by atoms with Gasteiger partial charge in [-0.2, -0.15) is 18.3 Å². The van der Waals surface area contributed by atoms with Gasteiger partial charge in [-0.15, -0.1) is 0 Å². The van der Waals surface area contributed by atoms with E-state index in [0.29, 0.717) is 41.3 Å². The molecule has 0 bridgehead atoms. The summed E-state index contributed by atoms with van der Waals surface area (Å²) in [5.41, 5.74) is -2.00. The molecular formula is C20H24F3N5O4S2. The number of aliphatic hydroxyl groups is 2. The van der Waals surface area contributed by atoms with Crippen molar-refractivity contribution in [1.82, 2.24) is 24.3 Å². The Morgan fingerprint density at radius 2 is 1.85 bits per heavy atom.